The number of hydrogen-bond acceptors (Lipinski definition) is 2. The van der Waals surface area contributed by atoms with E-state index in [1.807, 2.05) is 0 Å². The van der Waals surface area contributed by atoms with Crippen molar-refractivity contribution >= 4 is 5.91 Å². The lowest BCUT2D eigenvalue weighted by Crippen LogP contribution is -2.46. The molecule has 2 N–H and O–H groups in total. The molecule has 1 amide bonds. The zero-order valence-electron chi connectivity index (χ0n) is 9.83. The first-order valence-electron chi connectivity index (χ1n) is 5.96. The van der Waals surface area contributed by atoms with Crippen molar-refractivity contribution in [2.45, 2.75) is 37.8 Å². The fraction of sp³-hybridized carbons (Fsp3) is 0.462. The molecule has 0 heterocycles. The Kier molecular flexibility index (Phi) is 3.91. The van der Waals surface area contributed by atoms with Gasteiger partial charge in [0.05, 0.1) is 6.10 Å². The fourth-order valence-electron chi connectivity index (χ4n) is 1.96. The monoisotopic (exact) mass is 255 g/mol. The molecule has 0 aliphatic heterocycles. The van der Waals surface area contributed by atoms with E-state index in [4.69, 9.17) is 5.11 Å². The third kappa shape index (κ3) is 3.26. The predicted molar refractivity (Wildman–Crippen MR) is 61.9 cm³/mol. The maximum atomic E-state index is 12.9. The Hall–Kier alpha value is -1.49. The van der Waals surface area contributed by atoms with Crippen molar-refractivity contribution in [2.24, 2.45) is 0 Å². The van der Waals surface area contributed by atoms with Crippen molar-refractivity contribution in [1.82, 2.24) is 5.32 Å². The summed E-state index contributed by atoms with van der Waals surface area (Å²) in [7, 11) is 0. The van der Waals surface area contributed by atoms with Crippen LogP contribution in [-0.2, 0) is 11.2 Å². The Morgan fingerprint density at radius 2 is 2.06 bits per heavy atom. The molecule has 0 bridgehead atoms. The molecule has 5 heteroatoms. The van der Waals surface area contributed by atoms with Crippen LogP contribution in [0, 0.1) is 11.6 Å². The maximum Gasteiger partial charge on any atom is 0.220 e. The van der Waals surface area contributed by atoms with Gasteiger partial charge in [0.25, 0.3) is 0 Å². The summed E-state index contributed by atoms with van der Waals surface area (Å²) in [6.07, 6.45) is 1.49. The largest absolute Gasteiger partial charge is 0.393 e. The molecule has 0 radical (unpaired) electrons. The Balaban J connectivity index is 1.76. The third-order valence-corrected chi connectivity index (χ3v) is 3.10. The van der Waals surface area contributed by atoms with Gasteiger partial charge in [0.2, 0.25) is 5.91 Å². The quantitative estimate of drug-likeness (QED) is 0.857. The van der Waals surface area contributed by atoms with Gasteiger partial charge in [-0.2, -0.15) is 0 Å². The lowest BCUT2D eigenvalue weighted by atomic mass is 9.89. The van der Waals surface area contributed by atoms with Crippen LogP contribution in [0.4, 0.5) is 8.78 Å². The van der Waals surface area contributed by atoms with Crippen molar-refractivity contribution in [1.29, 1.82) is 0 Å². The summed E-state index contributed by atoms with van der Waals surface area (Å²) in [5.74, 6) is -1.90. The Labute approximate surface area is 104 Å². The topological polar surface area (TPSA) is 49.3 Å². The predicted octanol–water partition coefficient (Wildman–Crippen LogP) is 1.54. The van der Waals surface area contributed by atoms with E-state index in [0.29, 0.717) is 24.8 Å². The highest BCUT2D eigenvalue weighted by atomic mass is 19.2. The molecule has 18 heavy (non-hydrogen) atoms. The Morgan fingerprint density at radius 1 is 1.33 bits per heavy atom. The number of aryl methyl sites for hydroxylation is 1. The van der Waals surface area contributed by atoms with Crippen LogP contribution in [0.1, 0.15) is 24.8 Å². The van der Waals surface area contributed by atoms with Crippen molar-refractivity contribution < 1.29 is 18.7 Å². The Bertz CT molecular complexity index is 445. The smallest absolute Gasteiger partial charge is 0.220 e. The number of benzene rings is 1. The van der Waals surface area contributed by atoms with Crippen LogP contribution in [0.25, 0.3) is 0 Å². The minimum Gasteiger partial charge on any atom is -0.393 e. The second-order valence-corrected chi connectivity index (χ2v) is 4.64. The van der Waals surface area contributed by atoms with E-state index >= 15 is 0 Å². The average molecular weight is 255 g/mol. The van der Waals surface area contributed by atoms with Crippen LogP contribution < -0.4 is 5.32 Å². The second kappa shape index (κ2) is 5.44. The van der Waals surface area contributed by atoms with Crippen LogP contribution in [0.15, 0.2) is 18.2 Å². The summed E-state index contributed by atoms with van der Waals surface area (Å²) in [6, 6.07) is 3.69. The summed E-state index contributed by atoms with van der Waals surface area (Å²) in [5.41, 5.74) is 0.595. The highest BCUT2D eigenvalue weighted by Gasteiger charge is 2.28. The SMILES string of the molecule is O=C(CCc1ccc(F)c(F)c1)NC1CC(O)C1. The normalized spacial score (nSPS) is 22.4. The first-order valence-corrected chi connectivity index (χ1v) is 5.96. The highest BCUT2D eigenvalue weighted by molar-refractivity contribution is 5.76. The molecule has 3 nitrogen and oxygen atoms in total. The maximum absolute atomic E-state index is 12.9. The molecular formula is C13H15F2NO2. The van der Waals surface area contributed by atoms with E-state index < -0.39 is 11.6 Å². The van der Waals surface area contributed by atoms with Gasteiger partial charge in [-0.1, -0.05) is 6.07 Å². The molecule has 1 aromatic carbocycles. The first-order chi connectivity index (χ1) is 8.54. The number of nitrogens with one attached hydrogen (secondary N) is 1. The van der Waals surface area contributed by atoms with Crippen LogP contribution >= 0.6 is 0 Å². The lowest BCUT2D eigenvalue weighted by Gasteiger charge is -2.31. The van der Waals surface area contributed by atoms with Gasteiger partial charge in [-0.3, -0.25) is 4.79 Å². The van der Waals surface area contributed by atoms with Crippen molar-refractivity contribution in [2.75, 3.05) is 0 Å². The summed E-state index contributed by atoms with van der Waals surface area (Å²) in [5, 5.41) is 11.8. The minimum absolute atomic E-state index is 0.0532. The molecule has 1 saturated carbocycles. The van der Waals surface area contributed by atoms with E-state index in [1.54, 1.807) is 0 Å². The molecule has 1 aliphatic carbocycles. The number of halogens is 2. The van der Waals surface area contributed by atoms with Crippen molar-refractivity contribution in [3.63, 3.8) is 0 Å². The van der Waals surface area contributed by atoms with Crippen LogP contribution in [0.3, 0.4) is 0 Å². The molecule has 1 aromatic rings. The molecule has 2 rings (SSSR count). The first kappa shape index (κ1) is 13.0. The van der Waals surface area contributed by atoms with Crippen molar-refractivity contribution in [3.8, 4) is 0 Å². The van der Waals surface area contributed by atoms with E-state index in [1.165, 1.54) is 6.07 Å². The zero-order valence-corrected chi connectivity index (χ0v) is 9.83. The molecule has 1 fully saturated rings. The highest BCUT2D eigenvalue weighted by Crippen LogP contribution is 2.19. The number of carbonyl (C=O) groups excluding carboxylic acids is 1. The number of carbonyl (C=O) groups is 1. The zero-order chi connectivity index (χ0) is 13.1. The number of aliphatic hydroxyl groups is 1. The number of rotatable bonds is 4. The summed E-state index contributed by atoms with van der Waals surface area (Å²) in [4.78, 5) is 11.5. The van der Waals surface area contributed by atoms with Gasteiger partial charge in [0.15, 0.2) is 11.6 Å². The number of hydrogen-bond donors (Lipinski definition) is 2. The molecular weight excluding hydrogens is 240 g/mol. The van der Waals surface area contributed by atoms with Gasteiger partial charge >= 0.3 is 0 Å². The van der Waals surface area contributed by atoms with Gasteiger partial charge < -0.3 is 10.4 Å². The van der Waals surface area contributed by atoms with Gasteiger partial charge in [-0.25, -0.2) is 8.78 Å². The van der Waals surface area contributed by atoms with E-state index in [0.717, 1.165) is 12.1 Å². The second-order valence-electron chi connectivity index (χ2n) is 4.64. The summed E-state index contributed by atoms with van der Waals surface area (Å²) < 4.78 is 25.6. The fourth-order valence-corrected chi connectivity index (χ4v) is 1.96. The molecule has 1 aliphatic rings. The molecule has 98 valence electrons. The van der Waals surface area contributed by atoms with Gasteiger partial charge in [-0.15, -0.1) is 0 Å². The van der Waals surface area contributed by atoms with Gasteiger partial charge in [-0.05, 0) is 37.0 Å². The lowest BCUT2D eigenvalue weighted by molar-refractivity contribution is -0.123. The van der Waals surface area contributed by atoms with Crippen LogP contribution in [0.2, 0.25) is 0 Å². The van der Waals surface area contributed by atoms with Crippen LogP contribution in [-0.4, -0.2) is 23.2 Å². The van der Waals surface area contributed by atoms with Crippen LogP contribution in [0.5, 0.6) is 0 Å². The molecule has 0 saturated heterocycles. The van der Waals surface area contributed by atoms with Crippen molar-refractivity contribution in [3.05, 3.63) is 35.4 Å². The van der Waals surface area contributed by atoms with E-state index in [9.17, 15) is 13.6 Å². The Morgan fingerprint density at radius 3 is 2.67 bits per heavy atom. The molecule has 0 atom stereocenters. The summed E-state index contributed by atoms with van der Waals surface area (Å²) >= 11 is 0. The third-order valence-electron chi connectivity index (χ3n) is 3.10. The minimum atomic E-state index is -0.893. The molecule has 0 aromatic heterocycles. The van der Waals surface area contributed by atoms with Gasteiger partial charge in [0.1, 0.15) is 0 Å². The number of aliphatic hydroxyl groups excluding tert-OH is 1. The number of amides is 1. The summed E-state index contributed by atoms with van der Waals surface area (Å²) in [6.45, 7) is 0. The van der Waals surface area contributed by atoms with E-state index in [-0.39, 0.29) is 24.5 Å². The average Bonchev–Trinajstić information content (AvgIpc) is 2.29. The molecule has 0 unspecified atom stereocenters. The standard InChI is InChI=1S/C13H15F2NO2/c14-11-3-1-8(5-12(11)15)2-4-13(18)16-9-6-10(17)7-9/h1,3,5,9-10,17H,2,4,6-7H2,(H,16,18). The molecule has 0 spiro atoms. The van der Waals surface area contributed by atoms with Gasteiger partial charge in [0, 0.05) is 12.5 Å². The van der Waals surface area contributed by atoms with E-state index in [2.05, 4.69) is 5.32 Å².